The Bertz CT molecular complexity index is 1440. The normalized spacial score (nSPS) is 20.7. The van der Waals surface area contributed by atoms with Gasteiger partial charge < -0.3 is 15.3 Å². The van der Waals surface area contributed by atoms with E-state index in [-0.39, 0.29) is 31.8 Å². The van der Waals surface area contributed by atoms with E-state index in [4.69, 9.17) is 0 Å². The second-order valence-electron chi connectivity index (χ2n) is 11.3. The van der Waals surface area contributed by atoms with Crippen molar-refractivity contribution in [2.75, 3.05) is 11.9 Å². The van der Waals surface area contributed by atoms with Crippen LogP contribution in [0.3, 0.4) is 0 Å². The largest absolute Gasteiger partial charge is 0.481 e. The highest BCUT2D eigenvalue weighted by Crippen LogP contribution is 2.48. The van der Waals surface area contributed by atoms with Crippen LogP contribution >= 0.6 is 0 Å². The smallest absolute Gasteiger partial charge is 0.392 e. The number of carboxylic acids is 1. The van der Waals surface area contributed by atoms with Gasteiger partial charge in [-0.1, -0.05) is 43.4 Å². The Morgan fingerprint density at radius 3 is 2.51 bits per heavy atom. The van der Waals surface area contributed by atoms with Gasteiger partial charge in [-0.05, 0) is 67.0 Å². The summed E-state index contributed by atoms with van der Waals surface area (Å²) in [4.78, 5) is 39.1. The number of allylic oxidation sites excluding steroid dienone is 2. The van der Waals surface area contributed by atoms with Gasteiger partial charge in [0.05, 0.1) is 23.8 Å². The number of hydrogen-bond acceptors (Lipinski definition) is 3. The molecule has 1 unspecified atom stereocenters. The van der Waals surface area contributed by atoms with Gasteiger partial charge in [0.25, 0.3) is 5.91 Å². The summed E-state index contributed by atoms with van der Waals surface area (Å²) in [6.45, 7) is 1.27. The maximum Gasteiger partial charge on any atom is 0.392 e. The first kappa shape index (κ1) is 28.6. The third-order valence-electron chi connectivity index (χ3n) is 8.43. The van der Waals surface area contributed by atoms with Crippen molar-refractivity contribution >= 4 is 23.5 Å². The number of halogens is 4. The summed E-state index contributed by atoms with van der Waals surface area (Å²) in [5.41, 5.74) is 1.50. The fourth-order valence-corrected chi connectivity index (χ4v) is 5.75. The monoisotopic (exact) mass is 570 g/mol. The summed E-state index contributed by atoms with van der Waals surface area (Å²) in [6, 6.07) is 10.9. The highest BCUT2D eigenvalue weighted by molar-refractivity contribution is 5.98. The van der Waals surface area contributed by atoms with Crippen molar-refractivity contribution in [2.24, 2.45) is 23.2 Å². The van der Waals surface area contributed by atoms with Gasteiger partial charge in [-0.2, -0.15) is 13.2 Å². The molecule has 0 aromatic heterocycles. The van der Waals surface area contributed by atoms with Crippen molar-refractivity contribution in [1.82, 2.24) is 4.90 Å². The zero-order valence-electron chi connectivity index (χ0n) is 22.4. The molecule has 3 atom stereocenters. The van der Waals surface area contributed by atoms with Crippen LogP contribution in [0.2, 0.25) is 0 Å². The van der Waals surface area contributed by atoms with E-state index in [1.165, 1.54) is 17.0 Å². The fourth-order valence-electron chi connectivity index (χ4n) is 5.75. The molecule has 216 valence electrons. The van der Waals surface area contributed by atoms with Crippen LogP contribution in [0.25, 0.3) is 0 Å². The highest BCUT2D eigenvalue weighted by Gasteiger charge is 2.50. The quantitative estimate of drug-likeness (QED) is 0.355. The van der Waals surface area contributed by atoms with E-state index in [1.807, 2.05) is 0 Å². The number of anilines is 1. The molecule has 0 saturated heterocycles. The van der Waals surface area contributed by atoms with E-state index in [0.717, 1.165) is 6.92 Å². The van der Waals surface area contributed by atoms with E-state index in [1.54, 1.807) is 48.6 Å². The lowest BCUT2D eigenvalue weighted by atomic mass is 9.77. The summed E-state index contributed by atoms with van der Waals surface area (Å²) in [6.07, 6.45) is 1.88. The number of nitrogens with zero attached hydrogens (tertiary/aromatic N) is 1. The van der Waals surface area contributed by atoms with Crippen molar-refractivity contribution in [2.45, 2.75) is 45.3 Å². The molecular formula is C31H30F4N2O4. The zero-order chi connectivity index (χ0) is 29.5. The van der Waals surface area contributed by atoms with Crippen LogP contribution in [0.5, 0.6) is 0 Å². The molecule has 2 aromatic rings. The van der Waals surface area contributed by atoms with Crippen molar-refractivity contribution in [3.05, 3.63) is 88.8 Å². The maximum atomic E-state index is 14.1. The predicted octanol–water partition coefficient (Wildman–Crippen LogP) is 6.14. The van der Waals surface area contributed by atoms with Crippen LogP contribution < -0.4 is 5.32 Å². The van der Waals surface area contributed by atoms with Crippen LogP contribution in [-0.4, -0.2) is 40.5 Å². The minimum Gasteiger partial charge on any atom is -0.481 e. The summed E-state index contributed by atoms with van der Waals surface area (Å²) in [7, 11) is 0. The molecule has 2 N–H and O–H groups in total. The molecule has 41 heavy (non-hydrogen) atoms. The van der Waals surface area contributed by atoms with Gasteiger partial charge in [-0.15, -0.1) is 0 Å². The lowest BCUT2D eigenvalue weighted by Gasteiger charge is -2.32. The van der Waals surface area contributed by atoms with E-state index in [2.05, 4.69) is 5.32 Å². The Labute approximate surface area is 234 Å². The molecule has 1 heterocycles. The van der Waals surface area contributed by atoms with Crippen LogP contribution in [0.4, 0.5) is 23.2 Å². The molecular weight excluding hydrogens is 540 g/mol. The Balaban J connectivity index is 1.28. The zero-order valence-corrected chi connectivity index (χ0v) is 22.4. The summed E-state index contributed by atoms with van der Waals surface area (Å²) in [5, 5.41) is 12.1. The van der Waals surface area contributed by atoms with Gasteiger partial charge in [0.1, 0.15) is 5.82 Å². The Hall–Kier alpha value is -3.95. The minimum absolute atomic E-state index is 0.109. The molecule has 1 saturated carbocycles. The standard InChI is InChI=1S/C31H30F4N2O4/c1-18(31(33,34)35)26(27(38)36-22-5-2-4-20(14-22)15-30(12-13-30)29(40)41)21-10-8-19(9-11-21)16-37-17-24-23(28(37)39)6-3-7-25(24)32/h2-10,14,18,21,26H,11-13,15-17H2,1H3,(H,36,38)(H,40,41)/t18-,21?,26+/m1/s1. The minimum atomic E-state index is -4.61. The lowest BCUT2D eigenvalue weighted by Crippen LogP contribution is -2.40. The van der Waals surface area contributed by atoms with Gasteiger partial charge in [0.15, 0.2) is 0 Å². The van der Waals surface area contributed by atoms with Crippen LogP contribution in [-0.2, 0) is 22.6 Å². The molecule has 0 spiro atoms. The number of carbonyl (C=O) groups excluding carboxylic acids is 2. The first-order chi connectivity index (χ1) is 19.4. The predicted molar refractivity (Wildman–Crippen MR) is 143 cm³/mol. The van der Waals surface area contributed by atoms with Gasteiger partial charge in [0.2, 0.25) is 5.91 Å². The van der Waals surface area contributed by atoms with Crippen molar-refractivity contribution in [1.29, 1.82) is 0 Å². The molecule has 2 aromatic carbocycles. The maximum absolute atomic E-state index is 14.1. The second-order valence-corrected chi connectivity index (χ2v) is 11.3. The SMILES string of the molecule is C[C@H]([C@H](C(=O)Nc1cccc(CC2(C(=O)O)CC2)c1)C1C=CC(CN2Cc3c(F)cccc3C2=O)=CC1)C(F)(F)F. The number of hydrogen-bond donors (Lipinski definition) is 2. The van der Waals surface area contributed by atoms with Crippen molar-refractivity contribution < 1.29 is 37.1 Å². The molecule has 1 aliphatic heterocycles. The Kier molecular flexibility index (Phi) is 7.52. The summed E-state index contributed by atoms with van der Waals surface area (Å²) in [5.74, 6) is -6.53. The molecule has 3 aliphatic rings. The number of fused-ring (bicyclic) bond motifs is 1. The van der Waals surface area contributed by atoms with E-state index >= 15 is 0 Å². The molecule has 6 nitrogen and oxygen atoms in total. The molecule has 0 bridgehead atoms. The Morgan fingerprint density at radius 1 is 1.17 bits per heavy atom. The number of alkyl halides is 3. The van der Waals surface area contributed by atoms with Crippen LogP contribution in [0, 0.1) is 29.0 Å². The van der Waals surface area contributed by atoms with Gasteiger partial charge in [0, 0.05) is 23.4 Å². The number of amides is 2. The van der Waals surface area contributed by atoms with Gasteiger partial charge in [-0.3, -0.25) is 14.4 Å². The fraction of sp³-hybridized carbons (Fsp3) is 0.387. The average molecular weight is 571 g/mol. The molecule has 0 radical (unpaired) electrons. The first-order valence-electron chi connectivity index (χ1n) is 13.5. The summed E-state index contributed by atoms with van der Waals surface area (Å²) < 4.78 is 55.8. The molecule has 10 heteroatoms. The third kappa shape index (κ3) is 5.92. The van der Waals surface area contributed by atoms with Crippen molar-refractivity contribution in [3.63, 3.8) is 0 Å². The van der Waals surface area contributed by atoms with Crippen LogP contribution in [0.15, 0.2) is 66.3 Å². The number of carbonyl (C=O) groups is 3. The van der Waals surface area contributed by atoms with Gasteiger partial charge >= 0.3 is 12.1 Å². The van der Waals surface area contributed by atoms with E-state index in [0.29, 0.717) is 40.8 Å². The number of nitrogens with one attached hydrogen (secondary N) is 1. The topological polar surface area (TPSA) is 86.7 Å². The molecule has 2 amide bonds. The highest BCUT2D eigenvalue weighted by atomic mass is 19.4. The molecule has 2 aliphatic carbocycles. The van der Waals surface area contributed by atoms with Gasteiger partial charge in [-0.25, -0.2) is 4.39 Å². The number of rotatable bonds is 9. The number of carboxylic acid groups (broad SMARTS) is 1. The number of aliphatic carboxylic acids is 1. The molecule has 5 rings (SSSR count). The van der Waals surface area contributed by atoms with Crippen LogP contribution in [0.1, 0.15) is 47.7 Å². The lowest BCUT2D eigenvalue weighted by molar-refractivity contribution is -0.188. The average Bonchev–Trinajstić information content (AvgIpc) is 3.63. The van der Waals surface area contributed by atoms with E-state index in [9.17, 15) is 37.1 Å². The summed E-state index contributed by atoms with van der Waals surface area (Å²) >= 11 is 0. The molecule has 1 fully saturated rings. The second kappa shape index (κ2) is 10.8. The van der Waals surface area contributed by atoms with Crippen molar-refractivity contribution in [3.8, 4) is 0 Å². The van der Waals surface area contributed by atoms with E-state index < -0.39 is 47.0 Å². The Morgan fingerprint density at radius 2 is 1.90 bits per heavy atom. The third-order valence-corrected chi connectivity index (χ3v) is 8.43. The first-order valence-corrected chi connectivity index (χ1v) is 13.5. The number of benzene rings is 2.